The van der Waals surface area contributed by atoms with Crippen LogP contribution in [0, 0.1) is 23.0 Å². The third kappa shape index (κ3) is 3.34. The fourth-order valence-corrected chi connectivity index (χ4v) is 3.81. The summed E-state index contributed by atoms with van der Waals surface area (Å²) in [5, 5.41) is 11.3. The SMILES string of the molecule is Cc1cc([N+](=O)[O-])cc(Cl)c1N1CCSCC(C)C1. The second-order valence-electron chi connectivity index (χ2n) is 4.98. The van der Waals surface area contributed by atoms with E-state index >= 15 is 0 Å². The molecule has 1 aromatic carbocycles. The van der Waals surface area contributed by atoms with E-state index < -0.39 is 4.92 Å². The molecule has 4 nitrogen and oxygen atoms in total. The molecule has 0 spiro atoms. The van der Waals surface area contributed by atoms with Gasteiger partial charge in [0.1, 0.15) is 0 Å². The van der Waals surface area contributed by atoms with Crippen LogP contribution in [0.5, 0.6) is 0 Å². The first kappa shape index (κ1) is 14.5. The van der Waals surface area contributed by atoms with Gasteiger partial charge in [-0.25, -0.2) is 0 Å². The number of anilines is 1. The maximum absolute atomic E-state index is 10.8. The first-order valence-corrected chi connectivity index (χ1v) is 7.79. The number of thioether (sulfide) groups is 1. The van der Waals surface area contributed by atoms with Crippen LogP contribution in [0.25, 0.3) is 0 Å². The van der Waals surface area contributed by atoms with Crippen molar-refractivity contribution in [2.75, 3.05) is 29.5 Å². The molecule has 0 N–H and O–H groups in total. The number of rotatable bonds is 2. The Balaban J connectivity index is 2.36. The lowest BCUT2D eigenvalue weighted by Gasteiger charge is -2.27. The van der Waals surface area contributed by atoms with E-state index in [2.05, 4.69) is 11.8 Å². The number of hydrogen-bond acceptors (Lipinski definition) is 4. The van der Waals surface area contributed by atoms with Crippen molar-refractivity contribution >= 4 is 34.7 Å². The average Bonchev–Trinajstić information content (AvgIpc) is 2.53. The van der Waals surface area contributed by atoms with Gasteiger partial charge in [0, 0.05) is 31.0 Å². The smallest absolute Gasteiger partial charge is 0.271 e. The Kier molecular flexibility index (Phi) is 4.58. The second-order valence-corrected chi connectivity index (χ2v) is 6.53. The molecular formula is C13H17ClN2O2S. The molecule has 1 atom stereocenters. The highest BCUT2D eigenvalue weighted by atomic mass is 35.5. The molecule has 2 rings (SSSR count). The molecule has 1 fully saturated rings. The summed E-state index contributed by atoms with van der Waals surface area (Å²) in [6.07, 6.45) is 0. The van der Waals surface area contributed by atoms with Crippen molar-refractivity contribution < 1.29 is 4.92 Å². The lowest BCUT2D eigenvalue weighted by atomic mass is 10.1. The summed E-state index contributed by atoms with van der Waals surface area (Å²) < 4.78 is 0. The zero-order chi connectivity index (χ0) is 14.0. The van der Waals surface area contributed by atoms with Gasteiger partial charge in [-0.05, 0) is 24.2 Å². The number of nitrogens with zero attached hydrogens (tertiary/aromatic N) is 2. The van der Waals surface area contributed by atoms with Crippen LogP contribution in [0.3, 0.4) is 0 Å². The van der Waals surface area contributed by atoms with Gasteiger partial charge in [0.2, 0.25) is 0 Å². The van der Waals surface area contributed by atoms with E-state index in [-0.39, 0.29) is 5.69 Å². The van der Waals surface area contributed by atoms with Gasteiger partial charge in [0.25, 0.3) is 5.69 Å². The molecule has 0 radical (unpaired) electrons. The van der Waals surface area contributed by atoms with Crippen molar-refractivity contribution in [3.8, 4) is 0 Å². The predicted molar refractivity (Wildman–Crippen MR) is 81.5 cm³/mol. The Labute approximate surface area is 122 Å². The van der Waals surface area contributed by atoms with E-state index in [9.17, 15) is 10.1 Å². The topological polar surface area (TPSA) is 46.4 Å². The Bertz CT molecular complexity index is 473. The molecule has 104 valence electrons. The Morgan fingerprint density at radius 1 is 1.53 bits per heavy atom. The van der Waals surface area contributed by atoms with Crippen LogP contribution in [0.2, 0.25) is 5.02 Å². The predicted octanol–water partition coefficient (Wildman–Crippen LogP) is 3.75. The van der Waals surface area contributed by atoms with Crippen molar-refractivity contribution in [1.82, 2.24) is 0 Å². The highest BCUT2D eigenvalue weighted by Gasteiger charge is 2.21. The summed E-state index contributed by atoms with van der Waals surface area (Å²) in [5.41, 5.74) is 1.88. The molecule has 0 saturated carbocycles. The fourth-order valence-electron chi connectivity index (χ4n) is 2.41. The van der Waals surface area contributed by atoms with Crippen molar-refractivity contribution in [1.29, 1.82) is 0 Å². The first-order chi connectivity index (χ1) is 8.99. The number of aryl methyl sites for hydroxylation is 1. The number of benzene rings is 1. The van der Waals surface area contributed by atoms with Gasteiger partial charge in [-0.3, -0.25) is 10.1 Å². The van der Waals surface area contributed by atoms with Crippen molar-refractivity contribution in [3.63, 3.8) is 0 Å². The third-order valence-corrected chi connectivity index (χ3v) is 4.77. The van der Waals surface area contributed by atoms with E-state index in [4.69, 9.17) is 11.6 Å². The van der Waals surface area contributed by atoms with Gasteiger partial charge in [-0.15, -0.1) is 0 Å². The van der Waals surface area contributed by atoms with Gasteiger partial charge in [-0.2, -0.15) is 11.8 Å². The lowest BCUT2D eigenvalue weighted by Crippen LogP contribution is -2.29. The van der Waals surface area contributed by atoms with Crippen LogP contribution in [0.15, 0.2) is 12.1 Å². The van der Waals surface area contributed by atoms with Gasteiger partial charge in [0.05, 0.1) is 15.6 Å². The van der Waals surface area contributed by atoms with Crippen LogP contribution in [-0.2, 0) is 0 Å². The van der Waals surface area contributed by atoms with Gasteiger partial charge in [0.15, 0.2) is 0 Å². The minimum atomic E-state index is -0.399. The van der Waals surface area contributed by atoms with E-state index in [0.29, 0.717) is 10.9 Å². The van der Waals surface area contributed by atoms with Crippen LogP contribution in [0.1, 0.15) is 12.5 Å². The van der Waals surface area contributed by atoms with Crippen LogP contribution < -0.4 is 4.90 Å². The molecule has 0 aliphatic carbocycles. The number of halogens is 1. The standard InChI is InChI=1S/C13H17ClN2O2S/c1-9-7-15(3-4-19-8-9)13-10(2)5-11(16(17)18)6-12(13)14/h5-6,9H,3-4,7-8H2,1-2H3. The summed E-state index contributed by atoms with van der Waals surface area (Å²) in [4.78, 5) is 12.7. The third-order valence-electron chi connectivity index (χ3n) is 3.21. The first-order valence-electron chi connectivity index (χ1n) is 6.26. The largest absolute Gasteiger partial charge is 0.369 e. The average molecular weight is 301 g/mol. The second kappa shape index (κ2) is 6.01. The van der Waals surface area contributed by atoms with Crippen LogP contribution in [-0.4, -0.2) is 29.5 Å². The van der Waals surface area contributed by atoms with E-state index in [0.717, 1.165) is 35.8 Å². The van der Waals surface area contributed by atoms with Crippen LogP contribution >= 0.6 is 23.4 Å². The molecule has 19 heavy (non-hydrogen) atoms. The summed E-state index contributed by atoms with van der Waals surface area (Å²) in [6, 6.07) is 3.05. The molecule has 6 heteroatoms. The minimum absolute atomic E-state index is 0.0588. The van der Waals surface area contributed by atoms with Crippen molar-refractivity contribution in [2.45, 2.75) is 13.8 Å². The molecule has 1 saturated heterocycles. The summed E-state index contributed by atoms with van der Waals surface area (Å²) in [6.45, 7) is 6.00. The molecule has 1 aliphatic rings. The Morgan fingerprint density at radius 3 is 2.89 bits per heavy atom. The van der Waals surface area contributed by atoms with E-state index in [1.54, 1.807) is 6.07 Å². The highest BCUT2D eigenvalue weighted by Crippen LogP contribution is 2.35. The monoisotopic (exact) mass is 300 g/mol. The summed E-state index contributed by atoms with van der Waals surface area (Å²) in [5.74, 6) is 2.82. The normalized spacial score (nSPS) is 20.2. The summed E-state index contributed by atoms with van der Waals surface area (Å²) in [7, 11) is 0. The van der Waals surface area contributed by atoms with Gasteiger partial charge < -0.3 is 4.90 Å². The van der Waals surface area contributed by atoms with E-state index in [1.807, 2.05) is 18.7 Å². The number of non-ortho nitro benzene ring substituents is 1. The quantitative estimate of drug-likeness (QED) is 0.616. The molecule has 1 aromatic rings. The number of nitro benzene ring substituents is 1. The maximum Gasteiger partial charge on any atom is 0.271 e. The van der Waals surface area contributed by atoms with Crippen molar-refractivity contribution in [2.24, 2.45) is 5.92 Å². The maximum atomic E-state index is 10.8. The Hall–Kier alpha value is -0.940. The van der Waals surface area contributed by atoms with E-state index in [1.165, 1.54) is 6.07 Å². The fraction of sp³-hybridized carbons (Fsp3) is 0.538. The minimum Gasteiger partial charge on any atom is -0.369 e. The Morgan fingerprint density at radius 2 is 2.26 bits per heavy atom. The van der Waals surface area contributed by atoms with Gasteiger partial charge in [-0.1, -0.05) is 18.5 Å². The van der Waals surface area contributed by atoms with Gasteiger partial charge >= 0.3 is 0 Å². The molecule has 0 aromatic heterocycles. The molecule has 1 aliphatic heterocycles. The highest BCUT2D eigenvalue weighted by molar-refractivity contribution is 7.99. The zero-order valence-corrected chi connectivity index (χ0v) is 12.6. The zero-order valence-electron chi connectivity index (χ0n) is 11.1. The molecule has 1 unspecified atom stereocenters. The summed E-state index contributed by atoms with van der Waals surface area (Å²) >= 11 is 8.21. The molecule has 0 amide bonds. The van der Waals surface area contributed by atoms with Crippen LogP contribution in [0.4, 0.5) is 11.4 Å². The molecular weight excluding hydrogens is 284 g/mol. The lowest BCUT2D eigenvalue weighted by molar-refractivity contribution is -0.384. The number of hydrogen-bond donors (Lipinski definition) is 0. The molecule has 1 heterocycles. The molecule has 0 bridgehead atoms. The van der Waals surface area contributed by atoms with Crippen molar-refractivity contribution in [3.05, 3.63) is 32.8 Å². The number of nitro groups is 1.